The van der Waals surface area contributed by atoms with Gasteiger partial charge in [0.05, 0.1) is 6.54 Å². The lowest BCUT2D eigenvalue weighted by Crippen LogP contribution is -2.48. The van der Waals surface area contributed by atoms with E-state index >= 15 is 0 Å². The van der Waals surface area contributed by atoms with Gasteiger partial charge in [-0.2, -0.15) is 0 Å². The molecule has 1 heterocycles. The second-order valence-corrected chi connectivity index (χ2v) is 5.79. The molecule has 0 spiro atoms. The molecule has 0 bridgehead atoms. The molecule has 5 heteroatoms. The molecule has 1 aliphatic heterocycles. The van der Waals surface area contributed by atoms with Crippen molar-refractivity contribution in [2.75, 3.05) is 18.4 Å². The Morgan fingerprint density at radius 3 is 2.86 bits per heavy atom. The van der Waals surface area contributed by atoms with Crippen molar-refractivity contribution in [3.05, 3.63) is 29.8 Å². The normalized spacial score (nSPS) is 22.8. The first-order chi connectivity index (χ1) is 9.95. The quantitative estimate of drug-likeness (QED) is 0.826. The molecule has 1 saturated heterocycles. The number of hydrogen-bond donors (Lipinski definition) is 2. The molecule has 0 saturated carbocycles. The van der Waals surface area contributed by atoms with Gasteiger partial charge in [0.1, 0.15) is 0 Å². The first kappa shape index (κ1) is 15.7. The highest BCUT2D eigenvalue weighted by atomic mass is 16.2. The van der Waals surface area contributed by atoms with Gasteiger partial charge in [-0.3, -0.25) is 14.5 Å². The van der Waals surface area contributed by atoms with E-state index in [-0.39, 0.29) is 17.7 Å². The van der Waals surface area contributed by atoms with Crippen LogP contribution in [-0.4, -0.2) is 41.8 Å². The number of hydrogen-bond acceptors (Lipinski definition) is 4. The summed E-state index contributed by atoms with van der Waals surface area (Å²) in [6.07, 6.45) is 1.85. The Balaban J connectivity index is 1.92. The average molecular weight is 289 g/mol. The molecule has 1 fully saturated rings. The largest absolute Gasteiger partial charge is 0.328 e. The number of piperidine rings is 1. The van der Waals surface area contributed by atoms with Crippen molar-refractivity contribution in [2.45, 2.75) is 38.8 Å². The molecule has 21 heavy (non-hydrogen) atoms. The first-order valence-corrected chi connectivity index (χ1v) is 7.36. The van der Waals surface area contributed by atoms with Gasteiger partial charge >= 0.3 is 0 Å². The lowest BCUT2D eigenvalue weighted by Gasteiger charge is -2.35. The van der Waals surface area contributed by atoms with Crippen molar-refractivity contribution >= 4 is 17.4 Å². The molecule has 1 amide bonds. The highest BCUT2D eigenvalue weighted by molar-refractivity contribution is 5.97. The number of benzene rings is 1. The van der Waals surface area contributed by atoms with Crippen LogP contribution in [0, 0.1) is 0 Å². The lowest BCUT2D eigenvalue weighted by molar-refractivity contribution is -0.118. The van der Waals surface area contributed by atoms with Gasteiger partial charge < -0.3 is 11.1 Å². The maximum Gasteiger partial charge on any atom is 0.238 e. The predicted molar refractivity (Wildman–Crippen MR) is 83.3 cm³/mol. The van der Waals surface area contributed by atoms with E-state index in [0.29, 0.717) is 23.8 Å². The van der Waals surface area contributed by atoms with Gasteiger partial charge in [-0.1, -0.05) is 12.1 Å². The molecule has 3 N–H and O–H groups in total. The molecule has 114 valence electrons. The summed E-state index contributed by atoms with van der Waals surface area (Å²) >= 11 is 0. The Morgan fingerprint density at radius 1 is 1.43 bits per heavy atom. The van der Waals surface area contributed by atoms with E-state index in [1.165, 1.54) is 6.92 Å². The van der Waals surface area contributed by atoms with Crippen LogP contribution in [-0.2, 0) is 4.79 Å². The molecule has 1 aromatic rings. The number of nitrogens with one attached hydrogen (secondary N) is 1. The molecular formula is C16H23N3O2. The molecule has 1 aromatic carbocycles. The SMILES string of the molecule is CC(=O)c1cccc(NC(=O)CN2CCC(N)CC2C)c1. The smallest absolute Gasteiger partial charge is 0.238 e. The highest BCUT2D eigenvalue weighted by Crippen LogP contribution is 2.16. The van der Waals surface area contributed by atoms with Gasteiger partial charge in [0.15, 0.2) is 5.78 Å². The zero-order valence-corrected chi connectivity index (χ0v) is 12.6. The average Bonchev–Trinajstić information content (AvgIpc) is 2.42. The third-order valence-electron chi connectivity index (χ3n) is 3.95. The molecule has 0 aromatic heterocycles. The molecule has 2 unspecified atom stereocenters. The van der Waals surface area contributed by atoms with Crippen LogP contribution in [0.4, 0.5) is 5.69 Å². The molecular weight excluding hydrogens is 266 g/mol. The van der Waals surface area contributed by atoms with E-state index in [4.69, 9.17) is 5.73 Å². The van der Waals surface area contributed by atoms with Crippen molar-refractivity contribution in [1.82, 2.24) is 4.90 Å². The molecule has 0 aliphatic carbocycles. The third-order valence-corrected chi connectivity index (χ3v) is 3.95. The number of Topliss-reactive ketones (excluding diaryl/α,β-unsaturated/α-hetero) is 1. The van der Waals surface area contributed by atoms with Crippen LogP contribution in [0.3, 0.4) is 0 Å². The van der Waals surface area contributed by atoms with Crippen LogP contribution >= 0.6 is 0 Å². The first-order valence-electron chi connectivity index (χ1n) is 7.36. The topological polar surface area (TPSA) is 75.4 Å². The van der Waals surface area contributed by atoms with E-state index < -0.39 is 0 Å². The van der Waals surface area contributed by atoms with E-state index in [1.54, 1.807) is 24.3 Å². The van der Waals surface area contributed by atoms with Crippen LogP contribution in [0.1, 0.15) is 37.0 Å². The highest BCUT2D eigenvalue weighted by Gasteiger charge is 2.24. The van der Waals surface area contributed by atoms with E-state index in [2.05, 4.69) is 17.1 Å². The minimum absolute atomic E-state index is 0.00950. The number of amides is 1. The Morgan fingerprint density at radius 2 is 2.19 bits per heavy atom. The number of carbonyl (C=O) groups is 2. The number of carbonyl (C=O) groups excluding carboxylic acids is 2. The number of rotatable bonds is 4. The Labute approximate surface area is 125 Å². The zero-order valence-electron chi connectivity index (χ0n) is 12.6. The molecule has 0 radical (unpaired) electrons. The van der Waals surface area contributed by atoms with Gasteiger partial charge in [-0.05, 0) is 38.8 Å². The molecule has 5 nitrogen and oxygen atoms in total. The standard InChI is InChI=1S/C16H23N3O2/c1-11-8-14(17)6-7-19(11)10-16(21)18-15-5-3-4-13(9-15)12(2)20/h3-5,9,11,14H,6-8,10,17H2,1-2H3,(H,18,21). The van der Waals surface area contributed by atoms with Gasteiger partial charge in [0, 0.05) is 29.9 Å². The summed E-state index contributed by atoms with van der Waals surface area (Å²) in [5.74, 6) is -0.0669. The van der Waals surface area contributed by atoms with Crippen LogP contribution in [0.2, 0.25) is 0 Å². The van der Waals surface area contributed by atoms with Gasteiger partial charge in [0.2, 0.25) is 5.91 Å². The van der Waals surface area contributed by atoms with Crippen LogP contribution in [0.5, 0.6) is 0 Å². The zero-order chi connectivity index (χ0) is 15.4. The second-order valence-electron chi connectivity index (χ2n) is 5.79. The summed E-state index contributed by atoms with van der Waals surface area (Å²) in [7, 11) is 0. The summed E-state index contributed by atoms with van der Waals surface area (Å²) in [4.78, 5) is 25.6. The lowest BCUT2D eigenvalue weighted by atomic mass is 9.99. The number of nitrogens with two attached hydrogens (primary N) is 1. The fourth-order valence-electron chi connectivity index (χ4n) is 2.69. The van der Waals surface area contributed by atoms with Gasteiger partial charge in [0.25, 0.3) is 0 Å². The van der Waals surface area contributed by atoms with Crippen LogP contribution in [0.15, 0.2) is 24.3 Å². The van der Waals surface area contributed by atoms with Crippen molar-refractivity contribution < 1.29 is 9.59 Å². The summed E-state index contributed by atoms with van der Waals surface area (Å²) in [6.45, 7) is 4.82. The minimum atomic E-state index is -0.0574. The second kappa shape index (κ2) is 6.83. The Hall–Kier alpha value is -1.72. The van der Waals surface area contributed by atoms with E-state index in [9.17, 15) is 9.59 Å². The number of nitrogens with zero attached hydrogens (tertiary/aromatic N) is 1. The van der Waals surface area contributed by atoms with Crippen LogP contribution < -0.4 is 11.1 Å². The summed E-state index contributed by atoms with van der Waals surface area (Å²) in [5, 5.41) is 2.85. The maximum atomic E-state index is 12.1. The van der Waals surface area contributed by atoms with Crippen molar-refractivity contribution in [3.8, 4) is 0 Å². The molecule has 2 rings (SSSR count). The van der Waals surface area contributed by atoms with Crippen molar-refractivity contribution in [3.63, 3.8) is 0 Å². The fraction of sp³-hybridized carbons (Fsp3) is 0.500. The van der Waals surface area contributed by atoms with Crippen LogP contribution in [0.25, 0.3) is 0 Å². The van der Waals surface area contributed by atoms with E-state index in [0.717, 1.165) is 19.4 Å². The molecule has 1 aliphatic rings. The molecule has 2 atom stereocenters. The third kappa shape index (κ3) is 4.37. The monoisotopic (exact) mass is 289 g/mol. The van der Waals surface area contributed by atoms with Gasteiger partial charge in [-0.15, -0.1) is 0 Å². The van der Waals surface area contributed by atoms with E-state index in [1.807, 2.05) is 0 Å². The summed E-state index contributed by atoms with van der Waals surface area (Å²) < 4.78 is 0. The maximum absolute atomic E-state index is 12.1. The Kier molecular flexibility index (Phi) is 5.09. The van der Waals surface area contributed by atoms with Crippen molar-refractivity contribution in [1.29, 1.82) is 0 Å². The van der Waals surface area contributed by atoms with Crippen molar-refractivity contribution in [2.24, 2.45) is 5.73 Å². The number of likely N-dealkylation sites (tertiary alicyclic amines) is 1. The Bertz CT molecular complexity index is 530. The summed E-state index contributed by atoms with van der Waals surface area (Å²) in [6, 6.07) is 7.58. The van der Waals surface area contributed by atoms with Gasteiger partial charge in [-0.25, -0.2) is 0 Å². The number of ketones is 1. The predicted octanol–water partition coefficient (Wildman–Crippen LogP) is 1.64. The number of anilines is 1. The fourth-order valence-corrected chi connectivity index (χ4v) is 2.69. The minimum Gasteiger partial charge on any atom is -0.328 e. The summed E-state index contributed by atoms with van der Waals surface area (Å²) in [5.41, 5.74) is 7.19.